The third-order valence-corrected chi connectivity index (χ3v) is 9.83. The highest BCUT2D eigenvalue weighted by atomic mass is 32.2. The third kappa shape index (κ3) is 11.3. The second-order valence-corrected chi connectivity index (χ2v) is 13.2. The summed E-state index contributed by atoms with van der Waals surface area (Å²) < 4.78 is 71.4. The van der Waals surface area contributed by atoms with E-state index in [0.717, 1.165) is 38.5 Å². The van der Waals surface area contributed by atoms with Crippen molar-refractivity contribution in [1.29, 1.82) is 0 Å². The molecule has 2 unspecified atom stereocenters. The Morgan fingerprint density at radius 3 is 1.33 bits per heavy atom. The summed E-state index contributed by atoms with van der Waals surface area (Å²) in [5, 5.41) is 0. The molecule has 0 aromatic rings. The Hall–Kier alpha value is -0.300. The van der Waals surface area contributed by atoms with Crippen molar-refractivity contribution in [1.82, 2.24) is 0 Å². The molecule has 33 heavy (non-hydrogen) atoms. The third-order valence-electron chi connectivity index (χ3n) is 8.04. The van der Waals surface area contributed by atoms with Gasteiger partial charge in [0.1, 0.15) is 4.75 Å². The molecular formula is C26H51F3O3S. The van der Waals surface area contributed by atoms with Crippen LogP contribution in [0.15, 0.2) is 0 Å². The van der Waals surface area contributed by atoms with Crippen LogP contribution in [-0.4, -0.2) is 23.9 Å². The van der Waals surface area contributed by atoms with E-state index in [2.05, 4.69) is 6.92 Å². The highest BCUT2D eigenvalue weighted by Gasteiger charge is 2.57. The maximum Gasteiger partial charge on any atom is 0.389 e. The predicted octanol–water partition coefficient (Wildman–Crippen LogP) is 9.51. The average Bonchev–Trinajstić information content (AvgIpc) is 2.66. The van der Waals surface area contributed by atoms with Crippen LogP contribution in [-0.2, 0) is 10.1 Å². The van der Waals surface area contributed by atoms with E-state index >= 15 is 0 Å². The first-order chi connectivity index (χ1) is 15.0. The van der Waals surface area contributed by atoms with Crippen molar-refractivity contribution in [2.45, 2.75) is 155 Å². The van der Waals surface area contributed by atoms with Gasteiger partial charge in [0.15, 0.2) is 0 Å². The Balaban J connectivity index is 5.01. The second-order valence-electron chi connectivity index (χ2n) is 11.4. The van der Waals surface area contributed by atoms with E-state index in [1.807, 2.05) is 27.7 Å². The van der Waals surface area contributed by atoms with Crippen LogP contribution in [0.2, 0.25) is 0 Å². The molecule has 0 heterocycles. The molecule has 0 aliphatic carbocycles. The smallest absolute Gasteiger partial charge is 0.285 e. The van der Waals surface area contributed by atoms with Gasteiger partial charge in [-0.1, -0.05) is 112 Å². The maximum absolute atomic E-state index is 12.7. The fourth-order valence-electron chi connectivity index (χ4n) is 5.05. The van der Waals surface area contributed by atoms with E-state index in [1.165, 1.54) is 25.7 Å². The highest BCUT2D eigenvalue weighted by molar-refractivity contribution is 7.87. The summed E-state index contributed by atoms with van der Waals surface area (Å²) in [7, 11) is -4.30. The summed E-state index contributed by atoms with van der Waals surface area (Å²) >= 11 is 0. The number of hydrogen-bond acceptors (Lipinski definition) is 2. The number of halogens is 3. The van der Waals surface area contributed by atoms with Gasteiger partial charge in [-0.3, -0.25) is 4.55 Å². The molecule has 0 saturated heterocycles. The van der Waals surface area contributed by atoms with Gasteiger partial charge < -0.3 is 0 Å². The molecule has 0 saturated carbocycles. The fourth-order valence-corrected chi connectivity index (χ4v) is 6.43. The quantitative estimate of drug-likeness (QED) is 0.151. The van der Waals surface area contributed by atoms with Gasteiger partial charge in [0.05, 0.1) is 0 Å². The van der Waals surface area contributed by atoms with Crippen LogP contribution in [0.3, 0.4) is 0 Å². The molecule has 7 heteroatoms. The topological polar surface area (TPSA) is 54.4 Å². The maximum atomic E-state index is 12.7. The monoisotopic (exact) mass is 500 g/mol. The standard InChI is InChI=1S/C26H51F3O3S/c1-7-8-9-10-11-12-15-18-21-25(6,33(30,31)32)24(5,23(2,3)4)20-17-14-13-16-19-22-26(27,28)29/h7-22H2,1-6H3,(H,30,31,32). The normalized spacial score (nSPS) is 17.0. The van der Waals surface area contributed by atoms with Gasteiger partial charge in [0, 0.05) is 6.42 Å². The summed E-state index contributed by atoms with van der Waals surface area (Å²) in [6.07, 6.45) is 7.95. The van der Waals surface area contributed by atoms with Crippen molar-refractivity contribution in [3.8, 4) is 0 Å². The van der Waals surface area contributed by atoms with Crippen molar-refractivity contribution >= 4 is 10.1 Å². The predicted molar refractivity (Wildman–Crippen MR) is 133 cm³/mol. The molecule has 0 aromatic carbocycles. The lowest BCUT2D eigenvalue weighted by molar-refractivity contribution is -0.135. The lowest BCUT2D eigenvalue weighted by Gasteiger charge is -2.53. The first-order valence-electron chi connectivity index (χ1n) is 13.1. The van der Waals surface area contributed by atoms with Gasteiger partial charge >= 0.3 is 6.18 Å². The molecule has 0 radical (unpaired) electrons. The minimum Gasteiger partial charge on any atom is -0.285 e. The van der Waals surface area contributed by atoms with E-state index < -0.39 is 32.9 Å². The molecule has 0 aliphatic rings. The van der Waals surface area contributed by atoms with E-state index in [-0.39, 0.29) is 11.8 Å². The summed E-state index contributed by atoms with van der Waals surface area (Å²) in [5.41, 5.74) is -1.03. The zero-order chi connectivity index (χ0) is 25.8. The van der Waals surface area contributed by atoms with Crippen LogP contribution < -0.4 is 0 Å². The number of unbranched alkanes of at least 4 members (excludes halogenated alkanes) is 11. The molecule has 2 atom stereocenters. The fraction of sp³-hybridized carbons (Fsp3) is 1.00. The van der Waals surface area contributed by atoms with Gasteiger partial charge in [0.25, 0.3) is 10.1 Å². The van der Waals surface area contributed by atoms with Crippen molar-refractivity contribution in [2.75, 3.05) is 0 Å². The van der Waals surface area contributed by atoms with Gasteiger partial charge in [-0.05, 0) is 37.0 Å². The van der Waals surface area contributed by atoms with E-state index in [9.17, 15) is 26.1 Å². The Morgan fingerprint density at radius 2 is 0.970 bits per heavy atom. The second kappa shape index (κ2) is 14.3. The van der Waals surface area contributed by atoms with Crippen molar-refractivity contribution in [3.63, 3.8) is 0 Å². The average molecular weight is 501 g/mol. The van der Waals surface area contributed by atoms with Gasteiger partial charge in [-0.25, -0.2) is 0 Å². The van der Waals surface area contributed by atoms with Gasteiger partial charge in [-0.15, -0.1) is 0 Å². The zero-order valence-electron chi connectivity index (χ0n) is 22.1. The minimum absolute atomic E-state index is 0.140. The number of rotatable bonds is 18. The van der Waals surface area contributed by atoms with E-state index in [4.69, 9.17) is 0 Å². The molecule has 0 amide bonds. The van der Waals surface area contributed by atoms with E-state index in [0.29, 0.717) is 25.7 Å². The Morgan fingerprint density at radius 1 is 0.606 bits per heavy atom. The molecule has 3 nitrogen and oxygen atoms in total. The van der Waals surface area contributed by atoms with Crippen LogP contribution >= 0.6 is 0 Å². The molecule has 0 aromatic heterocycles. The van der Waals surface area contributed by atoms with Crippen LogP contribution in [0.1, 0.15) is 144 Å². The van der Waals surface area contributed by atoms with Crippen LogP contribution in [0, 0.1) is 10.8 Å². The Labute approximate surface area is 202 Å². The number of hydrogen-bond donors (Lipinski definition) is 1. The van der Waals surface area contributed by atoms with Crippen molar-refractivity contribution in [3.05, 3.63) is 0 Å². The van der Waals surface area contributed by atoms with Crippen LogP contribution in [0.4, 0.5) is 13.2 Å². The van der Waals surface area contributed by atoms with Crippen LogP contribution in [0.25, 0.3) is 0 Å². The molecule has 0 fully saturated rings. The van der Waals surface area contributed by atoms with Crippen LogP contribution in [0.5, 0.6) is 0 Å². The Bertz CT molecular complexity index is 626. The van der Waals surface area contributed by atoms with Crippen molar-refractivity contribution < 1.29 is 26.1 Å². The lowest BCUT2D eigenvalue weighted by Crippen LogP contribution is -2.56. The first kappa shape index (κ1) is 32.7. The lowest BCUT2D eigenvalue weighted by atomic mass is 9.57. The minimum atomic E-state index is -4.30. The molecular weight excluding hydrogens is 449 g/mol. The summed E-state index contributed by atoms with van der Waals surface area (Å²) in [4.78, 5) is 0. The van der Waals surface area contributed by atoms with E-state index in [1.54, 1.807) is 6.92 Å². The molecule has 1 N–H and O–H groups in total. The number of alkyl halides is 3. The molecule has 0 bridgehead atoms. The summed E-state index contributed by atoms with van der Waals surface area (Å²) in [6.45, 7) is 11.9. The van der Waals surface area contributed by atoms with Gasteiger partial charge in [-0.2, -0.15) is 21.6 Å². The largest absolute Gasteiger partial charge is 0.389 e. The van der Waals surface area contributed by atoms with Gasteiger partial charge in [0.2, 0.25) is 0 Å². The molecule has 0 spiro atoms. The zero-order valence-corrected chi connectivity index (χ0v) is 22.9. The first-order valence-corrected chi connectivity index (χ1v) is 14.5. The summed E-state index contributed by atoms with van der Waals surface area (Å²) in [5.74, 6) is 0. The highest BCUT2D eigenvalue weighted by Crippen LogP contribution is 2.55. The summed E-state index contributed by atoms with van der Waals surface area (Å²) in [6, 6.07) is 0. The molecule has 0 rings (SSSR count). The molecule has 200 valence electrons. The molecule has 0 aliphatic heterocycles. The Kier molecular flexibility index (Phi) is 14.2. The van der Waals surface area contributed by atoms with Crippen molar-refractivity contribution in [2.24, 2.45) is 10.8 Å². The SMILES string of the molecule is CCCCCCCCCCC(C)(C(C)(CCCCCCCC(F)(F)F)C(C)(C)C)S(=O)(=O)O.